The second-order valence-electron chi connectivity index (χ2n) is 5.82. The smallest absolute Gasteiger partial charge is 0.292 e. The second kappa shape index (κ2) is 6.43. The predicted molar refractivity (Wildman–Crippen MR) is 76.9 cm³/mol. The van der Waals surface area contributed by atoms with Crippen molar-refractivity contribution >= 4 is 11.8 Å². The van der Waals surface area contributed by atoms with Gasteiger partial charge in [0.1, 0.15) is 0 Å². The summed E-state index contributed by atoms with van der Waals surface area (Å²) in [5, 5.41) is 6.10. The van der Waals surface area contributed by atoms with E-state index in [1.165, 1.54) is 13.5 Å². The van der Waals surface area contributed by atoms with Crippen molar-refractivity contribution in [3.63, 3.8) is 0 Å². The molecule has 8 nitrogen and oxygen atoms in total. The molecule has 2 fully saturated rings. The molecule has 2 amide bonds. The third-order valence-corrected chi connectivity index (χ3v) is 4.40. The normalized spacial score (nSPS) is 19.8. The Balaban J connectivity index is 1.48. The monoisotopic (exact) mass is 307 g/mol. The van der Waals surface area contributed by atoms with Gasteiger partial charge in [0.15, 0.2) is 0 Å². The van der Waals surface area contributed by atoms with Gasteiger partial charge in [-0.2, -0.15) is 4.98 Å². The molecule has 1 aromatic rings. The van der Waals surface area contributed by atoms with Gasteiger partial charge in [-0.15, -0.1) is 0 Å². The van der Waals surface area contributed by atoms with Gasteiger partial charge >= 0.3 is 0 Å². The van der Waals surface area contributed by atoms with E-state index in [9.17, 15) is 9.59 Å². The fourth-order valence-corrected chi connectivity index (χ4v) is 2.75. The Morgan fingerprint density at radius 3 is 2.59 bits per heavy atom. The van der Waals surface area contributed by atoms with Crippen LogP contribution in [0, 0.1) is 5.92 Å². The number of nitrogens with one attached hydrogen (secondary N) is 1. The van der Waals surface area contributed by atoms with Crippen LogP contribution in [0.1, 0.15) is 35.8 Å². The van der Waals surface area contributed by atoms with E-state index in [4.69, 9.17) is 4.52 Å². The lowest BCUT2D eigenvalue weighted by Gasteiger charge is -2.37. The number of hydrogen-bond donors (Lipinski definition) is 1. The van der Waals surface area contributed by atoms with Crippen LogP contribution in [0.5, 0.6) is 0 Å². The Hall–Kier alpha value is -1.96. The third-order valence-electron chi connectivity index (χ3n) is 4.40. The molecule has 1 aliphatic heterocycles. The van der Waals surface area contributed by atoms with E-state index in [1.807, 2.05) is 4.90 Å². The van der Waals surface area contributed by atoms with Crippen molar-refractivity contribution in [3.8, 4) is 0 Å². The van der Waals surface area contributed by atoms with Crippen LogP contribution in [0.4, 0.5) is 0 Å². The summed E-state index contributed by atoms with van der Waals surface area (Å²) in [6.07, 6.45) is 3.27. The minimum Gasteiger partial charge on any atom is -0.352 e. The molecule has 1 saturated carbocycles. The summed E-state index contributed by atoms with van der Waals surface area (Å²) >= 11 is 0. The highest BCUT2D eigenvalue weighted by Gasteiger charge is 2.31. The zero-order valence-electron chi connectivity index (χ0n) is 12.7. The molecule has 0 radical (unpaired) electrons. The molecule has 2 aliphatic rings. The first-order valence-corrected chi connectivity index (χ1v) is 7.73. The summed E-state index contributed by atoms with van der Waals surface area (Å²) in [6, 6.07) is 0. The van der Waals surface area contributed by atoms with Crippen LogP contribution in [0.3, 0.4) is 0 Å². The summed E-state index contributed by atoms with van der Waals surface area (Å²) in [7, 11) is 1.52. The van der Waals surface area contributed by atoms with Crippen molar-refractivity contribution in [1.29, 1.82) is 0 Å². The number of nitrogens with zero attached hydrogens (tertiary/aromatic N) is 4. The molecular weight excluding hydrogens is 286 g/mol. The van der Waals surface area contributed by atoms with Gasteiger partial charge in [0.25, 0.3) is 11.7 Å². The number of hydrogen-bond acceptors (Lipinski definition) is 6. The molecule has 1 aliphatic carbocycles. The minimum atomic E-state index is -0.356. The Kier molecular flexibility index (Phi) is 4.37. The van der Waals surface area contributed by atoms with Crippen LogP contribution in [-0.2, 0) is 11.3 Å². The average molecular weight is 307 g/mol. The molecule has 0 bridgehead atoms. The molecule has 2 heterocycles. The van der Waals surface area contributed by atoms with Gasteiger partial charge in [-0.3, -0.25) is 14.5 Å². The molecule has 8 heteroatoms. The SMILES string of the molecule is CNC(=O)c1noc(CN2CCN(C(=O)C3CCC3)CC2)n1. The van der Waals surface area contributed by atoms with Gasteiger partial charge in [-0.25, -0.2) is 0 Å². The van der Waals surface area contributed by atoms with E-state index in [0.717, 1.165) is 39.0 Å². The molecule has 1 saturated heterocycles. The molecule has 22 heavy (non-hydrogen) atoms. The topological polar surface area (TPSA) is 91.6 Å². The third kappa shape index (κ3) is 3.11. The van der Waals surface area contributed by atoms with Crippen LogP contribution in [0.2, 0.25) is 0 Å². The average Bonchev–Trinajstić information content (AvgIpc) is 2.94. The van der Waals surface area contributed by atoms with Crippen LogP contribution in [0.15, 0.2) is 4.52 Å². The lowest BCUT2D eigenvalue weighted by Crippen LogP contribution is -2.50. The zero-order chi connectivity index (χ0) is 15.5. The maximum atomic E-state index is 12.2. The van der Waals surface area contributed by atoms with E-state index < -0.39 is 0 Å². The summed E-state index contributed by atoms with van der Waals surface area (Å²) < 4.78 is 5.09. The summed E-state index contributed by atoms with van der Waals surface area (Å²) in [5.41, 5.74) is 0. The quantitative estimate of drug-likeness (QED) is 0.833. The Labute approximate surface area is 128 Å². The largest absolute Gasteiger partial charge is 0.352 e. The standard InChI is InChI=1S/C14H21N5O3/c1-15-13(20)12-16-11(22-17-12)9-18-5-7-19(8-6-18)14(21)10-3-2-4-10/h10H,2-9H2,1H3,(H,15,20). The van der Waals surface area contributed by atoms with E-state index in [1.54, 1.807) is 0 Å². The minimum absolute atomic E-state index is 0.0521. The number of amides is 2. The highest BCUT2D eigenvalue weighted by molar-refractivity contribution is 5.89. The van der Waals surface area contributed by atoms with Crippen LogP contribution < -0.4 is 5.32 Å². The van der Waals surface area contributed by atoms with Crippen LogP contribution >= 0.6 is 0 Å². The first-order chi connectivity index (χ1) is 10.7. The van der Waals surface area contributed by atoms with Crippen molar-refractivity contribution in [1.82, 2.24) is 25.3 Å². The van der Waals surface area contributed by atoms with Crippen LogP contribution in [-0.4, -0.2) is 65.0 Å². The highest BCUT2D eigenvalue weighted by Crippen LogP contribution is 2.28. The summed E-state index contributed by atoms with van der Waals surface area (Å²) in [4.78, 5) is 31.7. The first kappa shape index (κ1) is 15.0. The van der Waals surface area contributed by atoms with Crippen molar-refractivity contribution in [2.45, 2.75) is 25.8 Å². The van der Waals surface area contributed by atoms with Gasteiger partial charge in [-0.1, -0.05) is 11.6 Å². The van der Waals surface area contributed by atoms with Gasteiger partial charge < -0.3 is 14.7 Å². The second-order valence-corrected chi connectivity index (χ2v) is 5.82. The fourth-order valence-electron chi connectivity index (χ4n) is 2.75. The van der Waals surface area contributed by atoms with Crippen LogP contribution in [0.25, 0.3) is 0 Å². The van der Waals surface area contributed by atoms with Gasteiger partial charge in [0.05, 0.1) is 6.54 Å². The van der Waals surface area contributed by atoms with E-state index in [2.05, 4.69) is 20.4 Å². The highest BCUT2D eigenvalue weighted by atomic mass is 16.5. The lowest BCUT2D eigenvalue weighted by atomic mass is 9.84. The molecule has 0 spiro atoms. The number of carbonyl (C=O) groups excluding carboxylic acids is 2. The van der Waals surface area contributed by atoms with Gasteiger partial charge in [0, 0.05) is 39.1 Å². The van der Waals surface area contributed by atoms with Crippen molar-refractivity contribution in [3.05, 3.63) is 11.7 Å². The van der Waals surface area contributed by atoms with Gasteiger partial charge in [-0.05, 0) is 12.8 Å². The Morgan fingerprint density at radius 2 is 2.00 bits per heavy atom. The predicted octanol–water partition coefficient (Wildman–Crippen LogP) is -0.127. The van der Waals surface area contributed by atoms with Crippen molar-refractivity contribution in [2.75, 3.05) is 33.2 Å². The van der Waals surface area contributed by atoms with E-state index in [-0.39, 0.29) is 17.6 Å². The Morgan fingerprint density at radius 1 is 1.27 bits per heavy atom. The molecule has 3 rings (SSSR count). The van der Waals surface area contributed by atoms with E-state index in [0.29, 0.717) is 18.3 Å². The molecule has 1 N–H and O–H groups in total. The summed E-state index contributed by atoms with van der Waals surface area (Å²) in [6.45, 7) is 3.57. The number of aromatic nitrogens is 2. The number of carbonyl (C=O) groups is 2. The molecule has 0 aromatic carbocycles. The fraction of sp³-hybridized carbons (Fsp3) is 0.714. The maximum absolute atomic E-state index is 12.2. The van der Waals surface area contributed by atoms with E-state index >= 15 is 0 Å². The molecule has 1 aromatic heterocycles. The number of rotatable bonds is 4. The van der Waals surface area contributed by atoms with Crippen molar-refractivity contribution in [2.24, 2.45) is 5.92 Å². The zero-order valence-corrected chi connectivity index (χ0v) is 12.7. The summed E-state index contributed by atoms with van der Waals surface area (Å²) in [5.74, 6) is 0.697. The molecule has 0 unspecified atom stereocenters. The molecule has 120 valence electrons. The van der Waals surface area contributed by atoms with Gasteiger partial charge in [0.2, 0.25) is 11.8 Å². The Bertz CT molecular complexity index is 546. The lowest BCUT2D eigenvalue weighted by molar-refractivity contribution is -0.140. The maximum Gasteiger partial charge on any atom is 0.292 e. The first-order valence-electron chi connectivity index (χ1n) is 7.73. The molecule has 0 atom stereocenters. The molecular formula is C14H21N5O3. The number of piperazine rings is 1. The van der Waals surface area contributed by atoms with Crippen molar-refractivity contribution < 1.29 is 14.1 Å².